The number of hydrogen-bond donors (Lipinski definition) is 0. The zero-order valence-corrected chi connectivity index (χ0v) is 19.2. The molecule has 0 saturated carbocycles. The summed E-state index contributed by atoms with van der Waals surface area (Å²) in [6.45, 7) is 4.08. The van der Waals surface area contributed by atoms with Gasteiger partial charge in [-0.2, -0.15) is 0 Å². The van der Waals surface area contributed by atoms with Crippen LogP contribution in [0.2, 0.25) is 0 Å². The second kappa shape index (κ2) is 9.73. The number of ether oxygens (including phenoxy) is 4. The molecule has 6 nitrogen and oxygen atoms in total. The Kier molecular flexibility index (Phi) is 6.37. The second-order valence-electron chi connectivity index (χ2n) is 8.48. The Labute approximate surface area is 195 Å². The molecule has 2 heterocycles. The topological polar surface area (TPSA) is 43.4 Å². The Morgan fingerprint density at radius 2 is 1.27 bits per heavy atom. The van der Waals surface area contributed by atoms with Gasteiger partial charge in [0, 0.05) is 26.2 Å². The van der Waals surface area contributed by atoms with Crippen molar-refractivity contribution < 1.29 is 18.9 Å². The lowest BCUT2D eigenvalue weighted by molar-refractivity contribution is -0.00918. The summed E-state index contributed by atoms with van der Waals surface area (Å²) < 4.78 is 21.9. The fraction of sp³-hybridized carbons (Fsp3) is 0.333. The molecule has 5 rings (SSSR count). The number of benzene rings is 3. The van der Waals surface area contributed by atoms with E-state index in [1.807, 2.05) is 30.3 Å². The van der Waals surface area contributed by atoms with Gasteiger partial charge >= 0.3 is 0 Å². The highest BCUT2D eigenvalue weighted by Crippen LogP contribution is 2.39. The zero-order valence-electron chi connectivity index (χ0n) is 19.2. The Morgan fingerprint density at radius 3 is 1.82 bits per heavy atom. The zero-order chi connectivity index (χ0) is 22.6. The van der Waals surface area contributed by atoms with Crippen LogP contribution in [0.4, 0.5) is 0 Å². The minimum absolute atomic E-state index is 0.137. The molecule has 6 heteroatoms. The van der Waals surface area contributed by atoms with Crippen molar-refractivity contribution in [1.82, 2.24) is 9.80 Å². The van der Waals surface area contributed by atoms with E-state index in [9.17, 15) is 0 Å². The summed E-state index contributed by atoms with van der Waals surface area (Å²) in [7, 11) is 3.40. The van der Waals surface area contributed by atoms with E-state index in [-0.39, 0.29) is 13.0 Å². The molecule has 0 bridgehead atoms. The van der Waals surface area contributed by atoms with Crippen molar-refractivity contribution >= 4 is 0 Å². The van der Waals surface area contributed by atoms with Gasteiger partial charge in [0.1, 0.15) is 11.5 Å². The molecule has 3 aromatic rings. The van der Waals surface area contributed by atoms with E-state index in [0.29, 0.717) is 0 Å². The van der Waals surface area contributed by atoms with Gasteiger partial charge < -0.3 is 18.9 Å². The molecule has 0 atom stereocenters. The highest BCUT2D eigenvalue weighted by molar-refractivity contribution is 5.45. The van der Waals surface area contributed by atoms with Crippen LogP contribution in [0.1, 0.15) is 29.3 Å². The predicted octanol–water partition coefficient (Wildman–Crippen LogP) is 4.84. The molecule has 3 aromatic carbocycles. The van der Waals surface area contributed by atoms with Gasteiger partial charge in [0.15, 0.2) is 11.5 Å². The van der Waals surface area contributed by atoms with Gasteiger partial charge in [-0.1, -0.05) is 30.3 Å². The Balaban J connectivity index is 1.44. The Bertz CT molecular complexity index is 1010. The van der Waals surface area contributed by atoms with E-state index in [1.165, 1.54) is 16.7 Å². The molecule has 0 aromatic heterocycles. The van der Waals surface area contributed by atoms with Gasteiger partial charge in [-0.3, -0.25) is 9.80 Å². The summed E-state index contributed by atoms with van der Waals surface area (Å²) in [6.07, 6.45) is 1.25. The van der Waals surface area contributed by atoms with Crippen LogP contribution < -0.4 is 18.9 Å². The third-order valence-corrected chi connectivity index (χ3v) is 6.37. The molecule has 172 valence electrons. The van der Waals surface area contributed by atoms with Gasteiger partial charge in [-0.05, 0) is 59.5 Å². The van der Waals surface area contributed by atoms with E-state index >= 15 is 0 Å². The first kappa shape index (κ1) is 21.6. The molecule has 0 unspecified atom stereocenters. The second-order valence-corrected chi connectivity index (χ2v) is 8.48. The third-order valence-electron chi connectivity index (χ3n) is 6.37. The van der Waals surface area contributed by atoms with Crippen LogP contribution in [-0.2, 0) is 13.1 Å². The summed E-state index contributed by atoms with van der Waals surface area (Å²) in [6, 6.07) is 23.1. The lowest BCUT2D eigenvalue weighted by atomic mass is 10.0. The normalized spacial score (nSPS) is 16.7. The van der Waals surface area contributed by atoms with Gasteiger partial charge in [0.25, 0.3) is 0 Å². The first-order valence-corrected chi connectivity index (χ1v) is 11.4. The smallest absolute Gasteiger partial charge is 0.231 e. The Morgan fingerprint density at radius 1 is 0.727 bits per heavy atom. The van der Waals surface area contributed by atoms with Crippen molar-refractivity contribution in [1.29, 1.82) is 0 Å². The molecule has 0 N–H and O–H groups in total. The number of fused-ring (bicyclic) bond motifs is 1. The molecule has 1 saturated heterocycles. The number of nitrogens with zero attached hydrogens (tertiary/aromatic N) is 2. The third kappa shape index (κ3) is 4.77. The lowest BCUT2D eigenvalue weighted by Gasteiger charge is -2.44. The first-order chi connectivity index (χ1) is 16.2. The van der Waals surface area contributed by atoms with E-state index in [0.717, 1.165) is 55.6 Å². The van der Waals surface area contributed by atoms with E-state index in [4.69, 9.17) is 18.9 Å². The SMILES string of the molecule is COc1ccc(CN2CCCN(Cc3ccc(OC)cc3)C2c2ccc3c(c2)OCO3)cc1. The van der Waals surface area contributed by atoms with Crippen LogP contribution in [0.3, 0.4) is 0 Å². The minimum atomic E-state index is 0.137. The first-order valence-electron chi connectivity index (χ1n) is 11.4. The maximum Gasteiger partial charge on any atom is 0.231 e. The van der Waals surface area contributed by atoms with E-state index in [2.05, 4.69) is 46.2 Å². The van der Waals surface area contributed by atoms with Crippen LogP contribution in [0.25, 0.3) is 0 Å². The summed E-state index contributed by atoms with van der Waals surface area (Å²) in [5.74, 6) is 3.40. The van der Waals surface area contributed by atoms with Crippen LogP contribution in [0, 0.1) is 0 Å². The van der Waals surface area contributed by atoms with E-state index in [1.54, 1.807) is 14.2 Å². The van der Waals surface area contributed by atoms with Crippen LogP contribution in [0.5, 0.6) is 23.0 Å². The molecule has 0 aliphatic carbocycles. The molecule has 0 radical (unpaired) electrons. The molecule has 1 fully saturated rings. The average Bonchev–Trinajstić information content (AvgIpc) is 3.33. The highest BCUT2D eigenvalue weighted by atomic mass is 16.7. The lowest BCUT2D eigenvalue weighted by Crippen LogP contribution is -2.46. The molecule has 0 spiro atoms. The van der Waals surface area contributed by atoms with Crippen molar-refractivity contribution in [3.63, 3.8) is 0 Å². The van der Waals surface area contributed by atoms with Crippen LogP contribution in [0.15, 0.2) is 66.7 Å². The van der Waals surface area contributed by atoms with Crippen molar-refractivity contribution in [2.75, 3.05) is 34.1 Å². The minimum Gasteiger partial charge on any atom is -0.497 e. The molecule has 2 aliphatic rings. The summed E-state index contributed by atoms with van der Waals surface area (Å²) in [4.78, 5) is 5.10. The monoisotopic (exact) mass is 446 g/mol. The van der Waals surface area contributed by atoms with Crippen LogP contribution >= 0.6 is 0 Å². The molecule has 0 amide bonds. The van der Waals surface area contributed by atoms with Crippen molar-refractivity contribution in [2.24, 2.45) is 0 Å². The fourth-order valence-corrected chi connectivity index (χ4v) is 4.71. The van der Waals surface area contributed by atoms with Crippen LogP contribution in [-0.4, -0.2) is 43.9 Å². The van der Waals surface area contributed by atoms with Gasteiger partial charge in [0.05, 0.1) is 20.4 Å². The average molecular weight is 447 g/mol. The molecular formula is C27H30N2O4. The summed E-state index contributed by atoms with van der Waals surface area (Å²) in [5.41, 5.74) is 3.77. The molecule has 2 aliphatic heterocycles. The maximum atomic E-state index is 5.70. The number of methoxy groups -OCH3 is 2. The molecule has 33 heavy (non-hydrogen) atoms. The summed E-state index contributed by atoms with van der Waals surface area (Å²) >= 11 is 0. The number of hydrogen-bond acceptors (Lipinski definition) is 6. The largest absolute Gasteiger partial charge is 0.497 e. The van der Waals surface area contributed by atoms with Crippen molar-refractivity contribution in [3.05, 3.63) is 83.4 Å². The van der Waals surface area contributed by atoms with E-state index < -0.39 is 0 Å². The van der Waals surface area contributed by atoms with Gasteiger partial charge in [0.2, 0.25) is 6.79 Å². The van der Waals surface area contributed by atoms with Gasteiger partial charge in [-0.25, -0.2) is 0 Å². The van der Waals surface area contributed by atoms with Crippen molar-refractivity contribution in [3.8, 4) is 23.0 Å². The summed E-state index contributed by atoms with van der Waals surface area (Å²) in [5, 5.41) is 0. The van der Waals surface area contributed by atoms with Gasteiger partial charge in [-0.15, -0.1) is 0 Å². The molecular weight excluding hydrogens is 416 g/mol. The fourth-order valence-electron chi connectivity index (χ4n) is 4.71. The maximum absolute atomic E-state index is 5.70. The highest BCUT2D eigenvalue weighted by Gasteiger charge is 2.32. The standard InChI is InChI=1S/C27H30N2O4/c1-30-23-9-4-20(5-10-23)17-28-14-3-15-29(18-21-6-11-24(31-2)12-7-21)27(28)22-8-13-25-26(16-22)33-19-32-25/h4-13,16,27H,3,14-15,17-19H2,1-2H3. The predicted molar refractivity (Wildman–Crippen MR) is 127 cm³/mol. The number of rotatable bonds is 7. The quantitative estimate of drug-likeness (QED) is 0.518. The van der Waals surface area contributed by atoms with Crippen molar-refractivity contribution in [2.45, 2.75) is 25.7 Å². The Hall–Kier alpha value is -3.22.